The molecule has 2 saturated heterocycles. The summed E-state index contributed by atoms with van der Waals surface area (Å²) in [7, 11) is 0. The number of nitrogens with one attached hydrogen (secondary N) is 1. The van der Waals surface area contributed by atoms with Gasteiger partial charge in [0, 0.05) is 51.3 Å². The van der Waals surface area contributed by atoms with Crippen molar-refractivity contribution in [2.24, 2.45) is 5.92 Å². The van der Waals surface area contributed by atoms with Crippen LogP contribution in [0.15, 0.2) is 12.1 Å². The fourth-order valence-electron chi connectivity index (χ4n) is 3.55. The monoisotopic (exact) mass is 448 g/mol. The number of rotatable bonds is 5. The van der Waals surface area contributed by atoms with Crippen LogP contribution in [0.4, 0.5) is 11.4 Å². The minimum atomic E-state index is -0.382. The fourth-order valence-corrected chi connectivity index (χ4v) is 3.55. The smallest absolute Gasteiger partial charge is 0.231 e. The Bertz CT molecular complexity index is 745. The summed E-state index contributed by atoms with van der Waals surface area (Å²) < 4.78 is 15.9. The molecule has 2 amide bonds. The van der Waals surface area contributed by atoms with Crippen molar-refractivity contribution in [2.45, 2.75) is 6.42 Å². The molecular weight excluding hydrogens is 423 g/mol. The first-order valence-electron chi connectivity index (χ1n) is 9.18. The molecule has 1 atom stereocenters. The number of hydrogen-bond acceptors (Lipinski definition) is 7. The second kappa shape index (κ2) is 10.2. The molecule has 0 spiro atoms. The lowest BCUT2D eigenvalue weighted by molar-refractivity contribution is -0.128. The normalized spacial score (nSPS) is 20.8. The van der Waals surface area contributed by atoms with E-state index in [0.717, 1.165) is 32.8 Å². The van der Waals surface area contributed by atoms with E-state index in [2.05, 4.69) is 10.2 Å². The Balaban J connectivity index is 0.00000150. The van der Waals surface area contributed by atoms with Crippen LogP contribution in [0.3, 0.4) is 0 Å². The summed E-state index contributed by atoms with van der Waals surface area (Å²) in [5, 5.41) is 2.82. The zero-order valence-electron chi connectivity index (χ0n) is 15.9. The first-order valence-corrected chi connectivity index (χ1v) is 9.18. The van der Waals surface area contributed by atoms with E-state index in [1.807, 2.05) is 0 Å². The third kappa shape index (κ3) is 5.36. The Labute approximate surface area is 181 Å². The molecule has 0 radical (unpaired) electrons. The number of carbonyl (C=O) groups is 2. The van der Waals surface area contributed by atoms with Crippen molar-refractivity contribution in [1.82, 2.24) is 9.80 Å². The zero-order valence-corrected chi connectivity index (χ0v) is 17.6. The van der Waals surface area contributed by atoms with Crippen LogP contribution in [0.25, 0.3) is 0 Å². The summed E-state index contributed by atoms with van der Waals surface area (Å²) in [5.74, 6) is 0.543. The third-order valence-electron chi connectivity index (χ3n) is 5.18. The summed E-state index contributed by atoms with van der Waals surface area (Å²) in [5.41, 5.74) is 6.86. The van der Waals surface area contributed by atoms with Crippen LogP contribution in [0.1, 0.15) is 6.42 Å². The lowest BCUT2D eigenvalue weighted by Crippen LogP contribution is -2.42. The van der Waals surface area contributed by atoms with Gasteiger partial charge in [0.05, 0.1) is 30.5 Å². The maximum absolute atomic E-state index is 12.6. The molecule has 1 aromatic carbocycles. The molecule has 3 aliphatic rings. The largest absolute Gasteiger partial charge is 0.454 e. The van der Waals surface area contributed by atoms with Crippen molar-refractivity contribution < 1.29 is 23.8 Å². The minimum absolute atomic E-state index is 0. The highest BCUT2D eigenvalue weighted by Gasteiger charge is 2.34. The van der Waals surface area contributed by atoms with Crippen LogP contribution >= 0.6 is 24.8 Å². The Morgan fingerprint density at radius 1 is 1.14 bits per heavy atom. The van der Waals surface area contributed by atoms with E-state index < -0.39 is 0 Å². The van der Waals surface area contributed by atoms with Crippen molar-refractivity contribution in [3.05, 3.63) is 12.1 Å². The van der Waals surface area contributed by atoms with Gasteiger partial charge in [0.1, 0.15) is 0 Å². The number of halogens is 2. The maximum Gasteiger partial charge on any atom is 0.231 e. The topological polar surface area (TPSA) is 106 Å². The molecule has 9 nitrogen and oxygen atoms in total. The Morgan fingerprint density at radius 2 is 1.83 bits per heavy atom. The second-order valence-electron chi connectivity index (χ2n) is 6.98. The molecule has 3 N–H and O–H groups in total. The molecule has 4 rings (SSSR count). The van der Waals surface area contributed by atoms with E-state index >= 15 is 0 Å². The van der Waals surface area contributed by atoms with Crippen LogP contribution in [-0.2, 0) is 14.3 Å². The molecule has 1 aromatic rings. The highest BCUT2D eigenvalue weighted by atomic mass is 35.5. The number of hydrogen-bond donors (Lipinski definition) is 2. The third-order valence-corrected chi connectivity index (χ3v) is 5.18. The van der Waals surface area contributed by atoms with E-state index in [1.165, 1.54) is 0 Å². The van der Waals surface area contributed by atoms with Crippen LogP contribution in [0.5, 0.6) is 11.5 Å². The van der Waals surface area contributed by atoms with Crippen LogP contribution in [0.2, 0.25) is 0 Å². The quantitative estimate of drug-likeness (QED) is 0.645. The standard InChI is InChI=1S/C18H24N4O5.2ClH/c19-13-8-15-16(27-11-26-15)9-14(13)20-18(24)12-7-17(23)22(10-12)2-1-21-3-5-25-6-4-21;;/h8-9,12H,1-7,10-11,19H2,(H,20,24);2*1H. The molecule has 2 fully saturated rings. The number of benzene rings is 1. The van der Waals surface area contributed by atoms with E-state index in [-0.39, 0.29) is 55.8 Å². The lowest BCUT2D eigenvalue weighted by Gasteiger charge is -2.28. The van der Waals surface area contributed by atoms with Crippen molar-refractivity contribution in [3.63, 3.8) is 0 Å². The number of anilines is 2. The number of nitrogens with zero attached hydrogens (tertiary/aromatic N) is 2. The predicted molar refractivity (Wildman–Crippen MR) is 112 cm³/mol. The van der Waals surface area contributed by atoms with Crippen molar-refractivity contribution in [3.8, 4) is 11.5 Å². The number of fused-ring (bicyclic) bond motifs is 1. The van der Waals surface area contributed by atoms with Crippen LogP contribution in [-0.4, -0.2) is 74.3 Å². The number of nitrogens with two attached hydrogens (primary N) is 1. The second-order valence-corrected chi connectivity index (χ2v) is 6.98. The average Bonchev–Trinajstić information content (AvgIpc) is 3.27. The Hall–Kier alpha value is -1.94. The molecule has 0 aromatic heterocycles. The summed E-state index contributed by atoms with van der Waals surface area (Å²) in [4.78, 5) is 28.9. The molecule has 3 heterocycles. The Morgan fingerprint density at radius 3 is 2.55 bits per heavy atom. The summed E-state index contributed by atoms with van der Waals surface area (Å²) >= 11 is 0. The van der Waals surface area contributed by atoms with E-state index in [4.69, 9.17) is 19.9 Å². The van der Waals surface area contributed by atoms with Crippen LogP contribution in [0, 0.1) is 5.92 Å². The summed E-state index contributed by atoms with van der Waals surface area (Å²) in [6, 6.07) is 3.29. The van der Waals surface area contributed by atoms with Crippen LogP contribution < -0.4 is 20.5 Å². The fraction of sp³-hybridized carbons (Fsp3) is 0.556. The molecule has 0 bridgehead atoms. The number of carbonyl (C=O) groups excluding carboxylic acids is 2. The zero-order chi connectivity index (χ0) is 18.8. The molecule has 0 aliphatic carbocycles. The van der Waals surface area contributed by atoms with Crippen molar-refractivity contribution >= 4 is 48.0 Å². The van der Waals surface area contributed by atoms with Gasteiger partial charge in [-0.25, -0.2) is 0 Å². The highest BCUT2D eigenvalue weighted by Crippen LogP contribution is 2.38. The first kappa shape index (κ1) is 23.3. The molecule has 1 unspecified atom stereocenters. The number of amides is 2. The van der Waals surface area contributed by atoms with Gasteiger partial charge in [-0.05, 0) is 0 Å². The first-order chi connectivity index (χ1) is 13.1. The number of likely N-dealkylation sites (tertiary alicyclic amines) is 1. The predicted octanol–water partition coefficient (Wildman–Crippen LogP) is 0.960. The minimum Gasteiger partial charge on any atom is -0.454 e. The Kier molecular flexibility index (Phi) is 8.21. The van der Waals surface area contributed by atoms with Gasteiger partial charge < -0.3 is 30.2 Å². The molecule has 29 heavy (non-hydrogen) atoms. The van der Waals surface area contributed by atoms with Crippen molar-refractivity contribution in [1.29, 1.82) is 0 Å². The van der Waals surface area contributed by atoms with Gasteiger partial charge in [-0.1, -0.05) is 0 Å². The molecule has 0 saturated carbocycles. The van der Waals surface area contributed by atoms with E-state index in [1.54, 1.807) is 17.0 Å². The highest BCUT2D eigenvalue weighted by molar-refractivity contribution is 5.99. The molecule has 3 aliphatic heterocycles. The van der Waals surface area contributed by atoms with Gasteiger partial charge in [0.15, 0.2) is 11.5 Å². The number of nitrogen functional groups attached to an aromatic ring is 1. The lowest BCUT2D eigenvalue weighted by atomic mass is 10.1. The summed E-state index contributed by atoms with van der Waals surface area (Å²) in [6.07, 6.45) is 0.222. The van der Waals surface area contributed by atoms with Gasteiger partial charge >= 0.3 is 0 Å². The van der Waals surface area contributed by atoms with Gasteiger partial charge in [-0.2, -0.15) is 0 Å². The number of morpholine rings is 1. The van der Waals surface area contributed by atoms with Gasteiger partial charge in [-0.15, -0.1) is 24.8 Å². The van der Waals surface area contributed by atoms with Crippen molar-refractivity contribution in [2.75, 3.05) is 63.8 Å². The molecule has 11 heteroatoms. The van der Waals surface area contributed by atoms with E-state index in [0.29, 0.717) is 36.0 Å². The molecule has 162 valence electrons. The maximum atomic E-state index is 12.6. The summed E-state index contributed by atoms with van der Waals surface area (Å²) in [6.45, 7) is 5.24. The average molecular weight is 449 g/mol. The number of ether oxygens (including phenoxy) is 3. The van der Waals surface area contributed by atoms with Gasteiger partial charge in [-0.3, -0.25) is 14.5 Å². The molecular formula is C18H26Cl2N4O5. The van der Waals surface area contributed by atoms with E-state index in [9.17, 15) is 9.59 Å². The SMILES string of the molecule is Cl.Cl.Nc1cc2c(cc1NC(=O)C1CC(=O)N(CCN3CCOCC3)C1)OCO2. The van der Waals surface area contributed by atoms with Gasteiger partial charge in [0.25, 0.3) is 0 Å². The van der Waals surface area contributed by atoms with Gasteiger partial charge in [0.2, 0.25) is 18.6 Å².